The summed E-state index contributed by atoms with van der Waals surface area (Å²) in [5, 5.41) is 7.60. The second-order valence-electron chi connectivity index (χ2n) is 8.19. The first-order chi connectivity index (χ1) is 13.3. The van der Waals surface area contributed by atoms with Crippen LogP contribution in [0.4, 0.5) is 5.82 Å². The molecule has 0 unspecified atom stereocenters. The zero-order valence-electron chi connectivity index (χ0n) is 16.5. The van der Waals surface area contributed by atoms with Gasteiger partial charge < -0.3 is 5.32 Å². The molecule has 1 fully saturated rings. The lowest BCUT2D eigenvalue weighted by Gasteiger charge is -2.21. The van der Waals surface area contributed by atoms with Gasteiger partial charge in [-0.1, -0.05) is 31.4 Å². The summed E-state index contributed by atoms with van der Waals surface area (Å²) in [5.41, 5.74) is 4.25. The van der Waals surface area contributed by atoms with Crippen LogP contribution in [0.3, 0.4) is 0 Å². The van der Waals surface area contributed by atoms with E-state index in [9.17, 15) is 13.2 Å². The lowest BCUT2D eigenvalue weighted by atomic mass is 9.87. The molecule has 2 heterocycles. The van der Waals surface area contributed by atoms with Crippen LogP contribution in [0.15, 0.2) is 18.2 Å². The fraction of sp³-hybridized carbons (Fsp3) is 0.524. The number of fused-ring (bicyclic) bond motifs is 1. The molecule has 0 spiro atoms. The van der Waals surface area contributed by atoms with E-state index in [1.807, 2.05) is 32.0 Å². The number of aromatic nitrogens is 2. The number of carbonyl (C=O) groups excluding carboxylic acids is 1. The predicted molar refractivity (Wildman–Crippen MR) is 109 cm³/mol. The van der Waals surface area contributed by atoms with Crippen molar-refractivity contribution in [2.45, 2.75) is 63.9 Å². The van der Waals surface area contributed by atoms with Crippen LogP contribution in [0.5, 0.6) is 0 Å². The Balaban J connectivity index is 1.68. The molecule has 2 aliphatic rings. The van der Waals surface area contributed by atoms with Crippen molar-refractivity contribution in [3.8, 4) is 5.69 Å². The standard InChI is InChI=1S/C21H27N3O3S/c1-14-7-6-10-19(15(14)2)24-21(17-12-28(26,27)13-18(17)23-24)22-20(25)11-16-8-4-3-5-9-16/h6-7,10,16H,3-5,8-9,11-13H2,1-2H3,(H,22,25). The van der Waals surface area contributed by atoms with Gasteiger partial charge in [-0.25, -0.2) is 13.1 Å². The molecule has 28 heavy (non-hydrogen) atoms. The third-order valence-electron chi connectivity index (χ3n) is 6.05. The molecule has 0 radical (unpaired) electrons. The van der Waals surface area contributed by atoms with Crippen molar-refractivity contribution >= 4 is 21.6 Å². The van der Waals surface area contributed by atoms with Gasteiger partial charge in [0.1, 0.15) is 5.82 Å². The molecule has 7 heteroatoms. The van der Waals surface area contributed by atoms with Gasteiger partial charge in [-0.3, -0.25) is 4.79 Å². The summed E-state index contributed by atoms with van der Waals surface area (Å²) in [5.74, 6) is 0.761. The minimum atomic E-state index is -3.19. The molecule has 1 saturated carbocycles. The molecule has 0 atom stereocenters. The molecule has 1 aliphatic carbocycles. The van der Waals surface area contributed by atoms with Gasteiger partial charge >= 0.3 is 0 Å². The number of sulfone groups is 1. The number of carbonyl (C=O) groups is 1. The van der Waals surface area contributed by atoms with Crippen LogP contribution in [0, 0.1) is 19.8 Å². The third kappa shape index (κ3) is 3.72. The second kappa shape index (κ2) is 7.35. The summed E-state index contributed by atoms with van der Waals surface area (Å²) >= 11 is 0. The van der Waals surface area contributed by atoms with E-state index in [4.69, 9.17) is 0 Å². The molecule has 1 aliphatic heterocycles. The highest BCUT2D eigenvalue weighted by atomic mass is 32.2. The van der Waals surface area contributed by atoms with Crippen LogP contribution >= 0.6 is 0 Å². The molecule has 2 aromatic rings. The maximum Gasteiger partial charge on any atom is 0.225 e. The fourth-order valence-electron chi connectivity index (χ4n) is 4.35. The number of amides is 1. The first kappa shape index (κ1) is 19.2. The average molecular weight is 402 g/mol. The van der Waals surface area contributed by atoms with Gasteiger partial charge in [-0.15, -0.1) is 0 Å². The van der Waals surface area contributed by atoms with E-state index < -0.39 is 9.84 Å². The minimum absolute atomic E-state index is 0.0505. The van der Waals surface area contributed by atoms with E-state index in [0.29, 0.717) is 29.4 Å². The largest absolute Gasteiger partial charge is 0.310 e. The van der Waals surface area contributed by atoms with E-state index in [1.165, 1.54) is 19.3 Å². The van der Waals surface area contributed by atoms with E-state index in [2.05, 4.69) is 10.4 Å². The van der Waals surface area contributed by atoms with Gasteiger partial charge in [-0.05, 0) is 49.8 Å². The Morgan fingerprint density at radius 3 is 2.68 bits per heavy atom. The Kier molecular flexibility index (Phi) is 5.04. The summed E-state index contributed by atoms with van der Waals surface area (Å²) in [6.45, 7) is 4.05. The Labute approximate surface area is 166 Å². The van der Waals surface area contributed by atoms with E-state index >= 15 is 0 Å². The quantitative estimate of drug-likeness (QED) is 0.844. The van der Waals surface area contributed by atoms with E-state index in [-0.39, 0.29) is 17.4 Å². The number of aryl methyl sites for hydroxylation is 1. The SMILES string of the molecule is Cc1cccc(-n2nc3c(c2NC(=O)CC2CCCCC2)CS(=O)(=O)C3)c1C. The Bertz CT molecular complexity index is 1020. The molecular weight excluding hydrogens is 374 g/mol. The summed E-state index contributed by atoms with van der Waals surface area (Å²) in [6, 6.07) is 5.94. The van der Waals surface area contributed by atoms with Crippen LogP contribution in [0.25, 0.3) is 5.69 Å². The molecule has 1 amide bonds. The summed E-state index contributed by atoms with van der Waals surface area (Å²) in [4.78, 5) is 12.8. The van der Waals surface area contributed by atoms with Crippen LogP contribution in [-0.4, -0.2) is 24.1 Å². The van der Waals surface area contributed by atoms with Crippen molar-refractivity contribution in [2.75, 3.05) is 5.32 Å². The molecule has 4 rings (SSSR count). The summed E-state index contributed by atoms with van der Waals surface area (Å²) < 4.78 is 25.9. The first-order valence-electron chi connectivity index (χ1n) is 10.0. The van der Waals surface area contributed by atoms with Gasteiger partial charge in [0.2, 0.25) is 5.91 Å². The number of nitrogens with zero attached hydrogens (tertiary/aromatic N) is 2. The number of nitrogens with one attached hydrogen (secondary N) is 1. The van der Waals surface area contributed by atoms with Gasteiger partial charge in [-0.2, -0.15) is 5.10 Å². The van der Waals surface area contributed by atoms with Gasteiger partial charge in [0.25, 0.3) is 0 Å². The van der Waals surface area contributed by atoms with Crippen LogP contribution in [0.1, 0.15) is 60.9 Å². The molecule has 1 aromatic carbocycles. The topological polar surface area (TPSA) is 81.1 Å². The molecule has 1 aromatic heterocycles. The minimum Gasteiger partial charge on any atom is -0.310 e. The monoisotopic (exact) mass is 401 g/mol. The van der Waals surface area contributed by atoms with Gasteiger partial charge in [0, 0.05) is 12.0 Å². The zero-order chi connectivity index (χ0) is 19.9. The summed E-state index contributed by atoms with van der Waals surface area (Å²) in [6.07, 6.45) is 6.30. The van der Waals surface area contributed by atoms with Crippen molar-refractivity contribution in [1.82, 2.24) is 9.78 Å². The molecule has 0 saturated heterocycles. The first-order valence-corrected chi connectivity index (χ1v) is 11.8. The Hall–Kier alpha value is -2.15. The van der Waals surface area contributed by atoms with Crippen molar-refractivity contribution in [2.24, 2.45) is 5.92 Å². The van der Waals surface area contributed by atoms with Crippen LogP contribution in [0.2, 0.25) is 0 Å². The second-order valence-corrected chi connectivity index (χ2v) is 10.3. The van der Waals surface area contributed by atoms with Gasteiger partial charge in [0.15, 0.2) is 9.84 Å². The van der Waals surface area contributed by atoms with Gasteiger partial charge in [0.05, 0.1) is 22.9 Å². The molecule has 6 nitrogen and oxygen atoms in total. The van der Waals surface area contributed by atoms with Crippen molar-refractivity contribution in [1.29, 1.82) is 0 Å². The predicted octanol–water partition coefficient (Wildman–Crippen LogP) is 3.83. The van der Waals surface area contributed by atoms with Crippen molar-refractivity contribution < 1.29 is 13.2 Å². The van der Waals surface area contributed by atoms with E-state index in [1.54, 1.807) is 4.68 Å². The zero-order valence-corrected chi connectivity index (χ0v) is 17.3. The highest BCUT2D eigenvalue weighted by Gasteiger charge is 2.33. The van der Waals surface area contributed by atoms with Crippen molar-refractivity contribution in [3.05, 3.63) is 40.6 Å². The number of hydrogen-bond donors (Lipinski definition) is 1. The lowest BCUT2D eigenvalue weighted by Crippen LogP contribution is -2.21. The number of rotatable bonds is 4. The maximum atomic E-state index is 12.8. The summed E-state index contributed by atoms with van der Waals surface area (Å²) in [7, 11) is -3.19. The smallest absolute Gasteiger partial charge is 0.225 e. The number of anilines is 1. The van der Waals surface area contributed by atoms with Crippen LogP contribution < -0.4 is 5.32 Å². The fourth-order valence-corrected chi connectivity index (χ4v) is 5.84. The maximum absolute atomic E-state index is 12.8. The normalized spacial score (nSPS) is 18.8. The Morgan fingerprint density at radius 2 is 1.93 bits per heavy atom. The molecule has 1 N–H and O–H groups in total. The lowest BCUT2D eigenvalue weighted by molar-refractivity contribution is -0.117. The highest BCUT2D eigenvalue weighted by molar-refractivity contribution is 7.90. The molecular formula is C21H27N3O3S. The highest BCUT2D eigenvalue weighted by Crippen LogP contribution is 2.34. The van der Waals surface area contributed by atoms with Crippen molar-refractivity contribution in [3.63, 3.8) is 0 Å². The number of hydrogen-bond acceptors (Lipinski definition) is 4. The van der Waals surface area contributed by atoms with Crippen LogP contribution in [-0.2, 0) is 26.1 Å². The molecule has 150 valence electrons. The third-order valence-corrected chi connectivity index (χ3v) is 7.49. The average Bonchev–Trinajstić information content (AvgIpc) is 3.11. The Morgan fingerprint density at radius 1 is 1.18 bits per heavy atom. The molecule has 0 bridgehead atoms. The number of benzene rings is 1. The van der Waals surface area contributed by atoms with E-state index in [0.717, 1.165) is 29.7 Å².